The molecule has 2 unspecified atom stereocenters. The number of aryl methyl sites for hydroxylation is 1. The average Bonchev–Trinajstić information content (AvgIpc) is 2.82. The molecule has 1 aromatic rings. The van der Waals surface area contributed by atoms with E-state index in [0.29, 0.717) is 18.7 Å². The van der Waals surface area contributed by atoms with Crippen molar-refractivity contribution >= 4 is 0 Å². The molecule has 0 amide bonds. The standard InChI is InChI=1S/C13H24N4O/c1-16-10-11(9-15-16)3-5-17-6-4-13(18-2)7-12(17)8-14/h9-10,12-13H,3-8,14H2,1-2H3. The lowest BCUT2D eigenvalue weighted by atomic mass is 9.99. The monoisotopic (exact) mass is 252 g/mol. The van der Waals surface area contributed by atoms with E-state index in [1.165, 1.54) is 5.56 Å². The van der Waals surface area contributed by atoms with Crippen molar-refractivity contribution in [3.63, 3.8) is 0 Å². The molecule has 102 valence electrons. The largest absolute Gasteiger partial charge is 0.381 e. The minimum atomic E-state index is 0.383. The molecule has 0 saturated carbocycles. The Morgan fingerprint density at radius 3 is 3.00 bits per heavy atom. The number of hydrogen-bond acceptors (Lipinski definition) is 4. The van der Waals surface area contributed by atoms with Crippen molar-refractivity contribution < 1.29 is 4.74 Å². The fourth-order valence-electron chi connectivity index (χ4n) is 2.69. The third-order valence-electron chi connectivity index (χ3n) is 3.84. The highest BCUT2D eigenvalue weighted by Crippen LogP contribution is 2.19. The molecule has 5 nitrogen and oxygen atoms in total. The Hall–Kier alpha value is -0.910. The maximum absolute atomic E-state index is 5.87. The highest BCUT2D eigenvalue weighted by atomic mass is 16.5. The van der Waals surface area contributed by atoms with Gasteiger partial charge in [-0.1, -0.05) is 0 Å². The first-order valence-electron chi connectivity index (χ1n) is 6.67. The summed E-state index contributed by atoms with van der Waals surface area (Å²) in [6.45, 7) is 2.86. The van der Waals surface area contributed by atoms with E-state index in [0.717, 1.165) is 32.4 Å². The van der Waals surface area contributed by atoms with E-state index in [-0.39, 0.29) is 0 Å². The Labute approximate surface area is 109 Å². The smallest absolute Gasteiger partial charge is 0.0599 e. The highest BCUT2D eigenvalue weighted by molar-refractivity contribution is 5.04. The van der Waals surface area contributed by atoms with E-state index in [9.17, 15) is 0 Å². The quantitative estimate of drug-likeness (QED) is 0.824. The zero-order valence-corrected chi connectivity index (χ0v) is 11.4. The molecule has 0 aromatic carbocycles. The highest BCUT2D eigenvalue weighted by Gasteiger charge is 2.26. The van der Waals surface area contributed by atoms with Crippen LogP contribution in [0, 0.1) is 0 Å². The van der Waals surface area contributed by atoms with Crippen LogP contribution in [-0.4, -0.2) is 53.6 Å². The Morgan fingerprint density at radius 1 is 1.56 bits per heavy atom. The van der Waals surface area contributed by atoms with E-state index in [4.69, 9.17) is 10.5 Å². The van der Waals surface area contributed by atoms with E-state index in [2.05, 4.69) is 16.2 Å². The molecule has 1 aromatic heterocycles. The van der Waals surface area contributed by atoms with Gasteiger partial charge in [0, 0.05) is 46.0 Å². The molecule has 2 atom stereocenters. The third-order valence-corrected chi connectivity index (χ3v) is 3.84. The number of rotatable bonds is 5. The minimum absolute atomic E-state index is 0.383. The van der Waals surface area contributed by atoms with Gasteiger partial charge in [-0.25, -0.2) is 0 Å². The van der Waals surface area contributed by atoms with E-state index in [1.54, 1.807) is 7.11 Å². The number of hydrogen-bond donors (Lipinski definition) is 1. The van der Waals surface area contributed by atoms with Gasteiger partial charge >= 0.3 is 0 Å². The van der Waals surface area contributed by atoms with Gasteiger partial charge in [0.05, 0.1) is 12.3 Å². The van der Waals surface area contributed by atoms with Gasteiger partial charge in [0.15, 0.2) is 0 Å². The summed E-state index contributed by atoms with van der Waals surface area (Å²) in [6.07, 6.45) is 7.62. The van der Waals surface area contributed by atoms with Gasteiger partial charge in [-0.05, 0) is 24.8 Å². The Bertz CT molecular complexity index is 366. The van der Waals surface area contributed by atoms with Gasteiger partial charge in [-0.3, -0.25) is 9.58 Å². The van der Waals surface area contributed by atoms with Crippen molar-refractivity contribution in [3.8, 4) is 0 Å². The predicted molar refractivity (Wildman–Crippen MR) is 71.4 cm³/mol. The normalized spacial score (nSPS) is 25.5. The zero-order chi connectivity index (χ0) is 13.0. The number of aromatic nitrogens is 2. The molecule has 18 heavy (non-hydrogen) atoms. The fourth-order valence-corrected chi connectivity index (χ4v) is 2.69. The molecule has 2 rings (SSSR count). The summed E-state index contributed by atoms with van der Waals surface area (Å²) in [7, 11) is 3.75. The van der Waals surface area contributed by atoms with E-state index >= 15 is 0 Å². The molecule has 2 heterocycles. The summed E-state index contributed by atoms with van der Waals surface area (Å²) in [4.78, 5) is 2.49. The Kier molecular flexibility index (Phi) is 4.74. The molecule has 0 spiro atoms. The van der Waals surface area contributed by atoms with Crippen LogP contribution in [0.2, 0.25) is 0 Å². The summed E-state index contributed by atoms with van der Waals surface area (Å²) in [5, 5.41) is 4.20. The first-order chi connectivity index (χ1) is 8.72. The molecule has 5 heteroatoms. The lowest BCUT2D eigenvalue weighted by Gasteiger charge is -2.38. The molecule has 0 radical (unpaired) electrons. The molecule has 2 N–H and O–H groups in total. The van der Waals surface area contributed by atoms with Crippen LogP contribution in [0.3, 0.4) is 0 Å². The molecule has 1 fully saturated rings. The zero-order valence-electron chi connectivity index (χ0n) is 11.4. The fraction of sp³-hybridized carbons (Fsp3) is 0.769. The summed E-state index contributed by atoms with van der Waals surface area (Å²) in [5.41, 5.74) is 7.16. The van der Waals surface area contributed by atoms with Crippen LogP contribution in [0.5, 0.6) is 0 Å². The van der Waals surface area contributed by atoms with Gasteiger partial charge in [-0.15, -0.1) is 0 Å². The number of ether oxygens (including phenoxy) is 1. The van der Waals surface area contributed by atoms with Gasteiger partial charge in [-0.2, -0.15) is 5.10 Å². The molecular weight excluding hydrogens is 228 g/mol. The second-order valence-corrected chi connectivity index (χ2v) is 5.08. The molecule has 1 aliphatic rings. The van der Waals surface area contributed by atoms with Crippen LogP contribution >= 0.6 is 0 Å². The lowest BCUT2D eigenvalue weighted by Crippen LogP contribution is -2.49. The summed E-state index contributed by atoms with van der Waals surface area (Å²) < 4.78 is 7.30. The van der Waals surface area contributed by atoms with Crippen molar-refractivity contribution in [3.05, 3.63) is 18.0 Å². The van der Waals surface area contributed by atoms with Gasteiger partial charge in [0.2, 0.25) is 0 Å². The summed E-state index contributed by atoms with van der Waals surface area (Å²) in [6, 6.07) is 0.459. The van der Waals surface area contributed by atoms with Crippen LogP contribution in [0.25, 0.3) is 0 Å². The SMILES string of the molecule is COC1CCN(CCc2cnn(C)c2)C(CN)C1. The maximum atomic E-state index is 5.87. The third kappa shape index (κ3) is 3.31. The number of methoxy groups -OCH3 is 1. The van der Waals surface area contributed by atoms with Crippen LogP contribution in [0.1, 0.15) is 18.4 Å². The van der Waals surface area contributed by atoms with Crippen molar-refractivity contribution in [2.75, 3.05) is 26.7 Å². The van der Waals surface area contributed by atoms with Crippen molar-refractivity contribution in [1.29, 1.82) is 0 Å². The topological polar surface area (TPSA) is 56.3 Å². The number of piperidine rings is 1. The van der Waals surface area contributed by atoms with Crippen molar-refractivity contribution in [1.82, 2.24) is 14.7 Å². The van der Waals surface area contributed by atoms with Crippen LogP contribution in [-0.2, 0) is 18.2 Å². The first-order valence-corrected chi connectivity index (χ1v) is 6.67. The number of nitrogens with two attached hydrogens (primary N) is 1. The molecular formula is C13H24N4O. The minimum Gasteiger partial charge on any atom is -0.381 e. The molecule has 1 saturated heterocycles. The van der Waals surface area contributed by atoms with Crippen LogP contribution < -0.4 is 5.73 Å². The molecule has 0 aliphatic carbocycles. The first kappa shape index (κ1) is 13.5. The maximum Gasteiger partial charge on any atom is 0.0599 e. The Morgan fingerprint density at radius 2 is 2.39 bits per heavy atom. The second-order valence-electron chi connectivity index (χ2n) is 5.08. The summed E-state index contributed by atoms with van der Waals surface area (Å²) >= 11 is 0. The molecule has 0 bridgehead atoms. The predicted octanol–water partition coefficient (Wildman–Crippen LogP) is 0.401. The van der Waals surface area contributed by atoms with Crippen LogP contribution in [0.15, 0.2) is 12.4 Å². The average molecular weight is 252 g/mol. The van der Waals surface area contributed by atoms with Crippen LogP contribution in [0.4, 0.5) is 0 Å². The van der Waals surface area contributed by atoms with E-state index < -0.39 is 0 Å². The van der Waals surface area contributed by atoms with Gasteiger partial charge < -0.3 is 10.5 Å². The van der Waals surface area contributed by atoms with Gasteiger partial charge in [0.25, 0.3) is 0 Å². The lowest BCUT2D eigenvalue weighted by molar-refractivity contribution is 0.0138. The molecule has 1 aliphatic heterocycles. The van der Waals surface area contributed by atoms with E-state index in [1.807, 2.05) is 17.9 Å². The second kappa shape index (κ2) is 6.31. The summed E-state index contributed by atoms with van der Waals surface area (Å²) in [5.74, 6) is 0. The number of likely N-dealkylation sites (tertiary alicyclic amines) is 1. The van der Waals surface area contributed by atoms with Crippen molar-refractivity contribution in [2.24, 2.45) is 12.8 Å². The van der Waals surface area contributed by atoms with Gasteiger partial charge in [0.1, 0.15) is 0 Å². The van der Waals surface area contributed by atoms with Crippen molar-refractivity contribution in [2.45, 2.75) is 31.4 Å². The Balaban J connectivity index is 1.84. The number of nitrogens with zero attached hydrogens (tertiary/aromatic N) is 3.